The normalized spacial score (nSPS) is 24.5. The van der Waals surface area contributed by atoms with Crippen LogP contribution in [0.5, 0.6) is 0 Å². The summed E-state index contributed by atoms with van der Waals surface area (Å²) in [5, 5.41) is 5.88. The molecule has 2 fully saturated rings. The average molecular weight is 473 g/mol. The number of hydrogen-bond acceptors (Lipinski definition) is 6. The van der Waals surface area contributed by atoms with E-state index in [4.69, 9.17) is 9.47 Å². The highest BCUT2D eigenvalue weighted by atomic mass is 16.5. The molecule has 8 nitrogen and oxygen atoms in total. The molecule has 1 aromatic rings. The molecule has 2 saturated carbocycles. The van der Waals surface area contributed by atoms with Crippen molar-refractivity contribution in [3.05, 3.63) is 35.4 Å². The van der Waals surface area contributed by atoms with E-state index in [-0.39, 0.29) is 48.2 Å². The van der Waals surface area contributed by atoms with Gasteiger partial charge in [0.25, 0.3) is 11.8 Å². The van der Waals surface area contributed by atoms with Crippen LogP contribution in [0.3, 0.4) is 0 Å². The Hall–Kier alpha value is -2.90. The lowest BCUT2D eigenvalue weighted by Gasteiger charge is -2.29. The standard InChI is InChI=1S/C26H36N2O6/c1-17-7-3-5-9-21(17)27-23(29)15-33-25(31)19-11-13-20(14-12-19)26(32)34-16-24(30)28-22-10-6-4-8-18(22)2/h11-14,17-18,21-22H,3-10,15-16H2,1-2H3,(H,27,29)(H,28,30). The zero-order valence-electron chi connectivity index (χ0n) is 20.1. The van der Waals surface area contributed by atoms with Crippen molar-refractivity contribution >= 4 is 23.8 Å². The van der Waals surface area contributed by atoms with Crippen molar-refractivity contribution in [2.45, 2.75) is 77.3 Å². The van der Waals surface area contributed by atoms with E-state index in [9.17, 15) is 19.2 Å². The van der Waals surface area contributed by atoms with Gasteiger partial charge in [-0.25, -0.2) is 9.59 Å². The number of carbonyl (C=O) groups is 4. The largest absolute Gasteiger partial charge is 0.452 e. The highest BCUT2D eigenvalue weighted by Crippen LogP contribution is 2.24. The Kier molecular flexibility index (Phi) is 9.48. The summed E-state index contributed by atoms with van der Waals surface area (Å²) in [7, 11) is 0. The summed E-state index contributed by atoms with van der Waals surface area (Å²) in [6.45, 7) is 3.54. The van der Waals surface area contributed by atoms with Crippen molar-refractivity contribution in [2.75, 3.05) is 13.2 Å². The van der Waals surface area contributed by atoms with Crippen LogP contribution >= 0.6 is 0 Å². The van der Waals surface area contributed by atoms with E-state index in [1.807, 2.05) is 0 Å². The topological polar surface area (TPSA) is 111 Å². The second kappa shape index (κ2) is 12.5. The van der Waals surface area contributed by atoms with Crippen molar-refractivity contribution in [3.63, 3.8) is 0 Å². The fourth-order valence-electron chi connectivity index (χ4n) is 4.73. The first-order chi connectivity index (χ1) is 16.3. The third-order valence-corrected chi connectivity index (χ3v) is 6.94. The summed E-state index contributed by atoms with van der Waals surface area (Å²) in [5.74, 6) is -1.08. The molecule has 2 amide bonds. The van der Waals surface area contributed by atoms with Crippen molar-refractivity contribution < 1.29 is 28.7 Å². The Morgan fingerprint density at radius 1 is 0.676 bits per heavy atom. The molecule has 4 atom stereocenters. The van der Waals surface area contributed by atoms with Gasteiger partial charge in [0.1, 0.15) is 0 Å². The molecule has 34 heavy (non-hydrogen) atoms. The van der Waals surface area contributed by atoms with Gasteiger partial charge in [-0.15, -0.1) is 0 Å². The van der Waals surface area contributed by atoms with E-state index >= 15 is 0 Å². The maximum atomic E-state index is 12.2. The van der Waals surface area contributed by atoms with Gasteiger partial charge in [-0.3, -0.25) is 9.59 Å². The molecule has 2 N–H and O–H groups in total. The van der Waals surface area contributed by atoms with Crippen LogP contribution < -0.4 is 10.6 Å². The molecule has 0 spiro atoms. The molecule has 0 radical (unpaired) electrons. The minimum absolute atomic E-state index is 0.124. The zero-order chi connectivity index (χ0) is 24.5. The number of nitrogens with one attached hydrogen (secondary N) is 2. The molecule has 2 aliphatic rings. The second-order valence-corrected chi connectivity index (χ2v) is 9.60. The molecule has 3 rings (SSSR count). The van der Waals surface area contributed by atoms with Gasteiger partial charge in [0.05, 0.1) is 11.1 Å². The first-order valence-corrected chi connectivity index (χ1v) is 12.4. The highest BCUT2D eigenvalue weighted by molar-refractivity contribution is 5.95. The molecule has 2 aliphatic carbocycles. The molecule has 0 aliphatic heterocycles. The number of amides is 2. The minimum atomic E-state index is -0.646. The van der Waals surface area contributed by atoms with E-state index in [1.165, 1.54) is 37.1 Å². The van der Waals surface area contributed by atoms with Crippen molar-refractivity contribution in [1.29, 1.82) is 0 Å². The number of rotatable bonds is 8. The van der Waals surface area contributed by atoms with Gasteiger partial charge in [-0.05, 0) is 61.8 Å². The van der Waals surface area contributed by atoms with Crippen LogP contribution in [0.25, 0.3) is 0 Å². The van der Waals surface area contributed by atoms with Crippen LogP contribution in [-0.2, 0) is 19.1 Å². The second-order valence-electron chi connectivity index (χ2n) is 9.60. The fraction of sp³-hybridized carbons (Fsp3) is 0.615. The van der Waals surface area contributed by atoms with Crippen LogP contribution in [-0.4, -0.2) is 49.1 Å². The number of ether oxygens (including phenoxy) is 2. The molecule has 0 bridgehead atoms. The molecular formula is C26H36N2O6. The summed E-state index contributed by atoms with van der Waals surface area (Å²) in [5.41, 5.74) is 0.443. The lowest BCUT2D eigenvalue weighted by atomic mass is 9.86. The lowest BCUT2D eigenvalue weighted by molar-refractivity contribution is -0.126. The summed E-state index contributed by atoms with van der Waals surface area (Å²) in [6, 6.07) is 5.98. The fourth-order valence-corrected chi connectivity index (χ4v) is 4.73. The van der Waals surface area contributed by atoms with E-state index < -0.39 is 11.9 Å². The molecule has 1 aromatic carbocycles. The maximum absolute atomic E-state index is 12.2. The molecular weight excluding hydrogens is 436 g/mol. The number of carbonyl (C=O) groups excluding carboxylic acids is 4. The quantitative estimate of drug-likeness (QED) is 0.561. The van der Waals surface area contributed by atoms with Crippen LogP contribution in [0.15, 0.2) is 24.3 Å². The number of hydrogen-bond donors (Lipinski definition) is 2. The maximum Gasteiger partial charge on any atom is 0.338 e. The van der Waals surface area contributed by atoms with Gasteiger partial charge in [0, 0.05) is 12.1 Å². The Bertz CT molecular complexity index is 798. The predicted molar refractivity (Wildman–Crippen MR) is 126 cm³/mol. The molecule has 8 heteroatoms. The molecule has 0 heterocycles. The average Bonchev–Trinajstić information content (AvgIpc) is 2.84. The first kappa shape index (κ1) is 25.7. The lowest BCUT2D eigenvalue weighted by Crippen LogP contribution is -2.42. The van der Waals surface area contributed by atoms with Gasteiger partial charge in [0.2, 0.25) is 0 Å². The predicted octanol–water partition coefficient (Wildman–Crippen LogP) is 3.39. The Morgan fingerprint density at radius 3 is 1.38 bits per heavy atom. The van der Waals surface area contributed by atoms with E-state index in [0.717, 1.165) is 38.5 Å². The number of benzene rings is 1. The third-order valence-electron chi connectivity index (χ3n) is 6.94. The summed E-state index contributed by atoms with van der Waals surface area (Å²) < 4.78 is 10.2. The van der Waals surface area contributed by atoms with Gasteiger partial charge >= 0.3 is 11.9 Å². The minimum Gasteiger partial charge on any atom is -0.452 e. The summed E-state index contributed by atoms with van der Waals surface area (Å²) in [6.07, 6.45) is 8.61. The van der Waals surface area contributed by atoms with Crippen LogP contribution in [0.4, 0.5) is 0 Å². The Labute approximate surface area is 201 Å². The molecule has 0 saturated heterocycles. The van der Waals surface area contributed by atoms with E-state index in [0.29, 0.717) is 11.8 Å². The van der Waals surface area contributed by atoms with Crippen LogP contribution in [0.2, 0.25) is 0 Å². The first-order valence-electron chi connectivity index (χ1n) is 12.4. The van der Waals surface area contributed by atoms with Gasteiger partial charge < -0.3 is 20.1 Å². The smallest absolute Gasteiger partial charge is 0.338 e. The molecule has 186 valence electrons. The van der Waals surface area contributed by atoms with Gasteiger partial charge in [-0.1, -0.05) is 39.5 Å². The van der Waals surface area contributed by atoms with Crippen molar-refractivity contribution in [2.24, 2.45) is 11.8 Å². The SMILES string of the molecule is CC1CCCCC1NC(=O)COC(=O)c1ccc(C(=O)OCC(=O)NC2CCCCC2C)cc1. The highest BCUT2D eigenvalue weighted by Gasteiger charge is 2.24. The molecule has 4 unspecified atom stereocenters. The Balaban J connectivity index is 1.39. The monoisotopic (exact) mass is 472 g/mol. The third kappa shape index (κ3) is 7.57. The summed E-state index contributed by atoms with van der Waals surface area (Å²) in [4.78, 5) is 48.7. The van der Waals surface area contributed by atoms with Gasteiger partial charge in [0.15, 0.2) is 13.2 Å². The van der Waals surface area contributed by atoms with Gasteiger partial charge in [-0.2, -0.15) is 0 Å². The zero-order valence-corrected chi connectivity index (χ0v) is 20.1. The van der Waals surface area contributed by atoms with Crippen LogP contribution in [0.1, 0.15) is 85.9 Å². The molecule has 0 aromatic heterocycles. The van der Waals surface area contributed by atoms with Crippen LogP contribution in [0, 0.1) is 11.8 Å². The van der Waals surface area contributed by atoms with E-state index in [2.05, 4.69) is 24.5 Å². The van der Waals surface area contributed by atoms with Crippen molar-refractivity contribution in [3.8, 4) is 0 Å². The Morgan fingerprint density at radius 2 is 1.03 bits per heavy atom. The number of esters is 2. The van der Waals surface area contributed by atoms with Crippen molar-refractivity contribution in [1.82, 2.24) is 10.6 Å². The summed E-state index contributed by atoms with van der Waals surface area (Å²) >= 11 is 0. The van der Waals surface area contributed by atoms with E-state index in [1.54, 1.807) is 0 Å².